The van der Waals surface area contributed by atoms with Crippen molar-refractivity contribution in [1.29, 1.82) is 0 Å². The molecule has 1 heterocycles. The SMILES string of the molecule is C[C@@H](C[C@H](O)c1ccco1)NC(=O)c1c(Cl)cccc1[N+](=O)[O-]. The summed E-state index contributed by atoms with van der Waals surface area (Å²) in [6.45, 7) is 1.67. The number of nitro benzene ring substituents is 1. The molecule has 2 aromatic rings. The lowest BCUT2D eigenvalue weighted by atomic mass is 10.1. The van der Waals surface area contributed by atoms with E-state index in [4.69, 9.17) is 16.0 Å². The minimum Gasteiger partial charge on any atom is -0.467 e. The average Bonchev–Trinajstić information content (AvgIpc) is 3.00. The van der Waals surface area contributed by atoms with Crippen LogP contribution >= 0.6 is 11.6 Å². The number of benzene rings is 1. The van der Waals surface area contributed by atoms with Crippen LogP contribution in [0.2, 0.25) is 5.02 Å². The number of nitrogens with zero attached hydrogens (tertiary/aromatic N) is 1. The molecule has 0 spiro atoms. The number of carbonyl (C=O) groups excluding carboxylic acids is 1. The van der Waals surface area contributed by atoms with Gasteiger partial charge in [0.2, 0.25) is 0 Å². The number of aliphatic hydroxyl groups is 1. The van der Waals surface area contributed by atoms with Gasteiger partial charge in [-0.25, -0.2) is 0 Å². The summed E-state index contributed by atoms with van der Waals surface area (Å²) >= 11 is 5.91. The van der Waals surface area contributed by atoms with Crippen LogP contribution in [0.25, 0.3) is 0 Å². The summed E-state index contributed by atoms with van der Waals surface area (Å²) < 4.78 is 5.08. The summed E-state index contributed by atoms with van der Waals surface area (Å²) in [5.41, 5.74) is -0.563. The number of nitro groups is 1. The number of nitrogens with one attached hydrogen (secondary N) is 1. The molecule has 0 saturated carbocycles. The first-order chi connectivity index (χ1) is 10.9. The standard InChI is InChI=1S/C15H15ClN2O5/c1-9(8-12(19)13-6-3-7-23-13)17-15(20)14-10(16)4-2-5-11(14)18(21)22/h2-7,9,12,19H,8H2,1H3,(H,17,20)/t9-,12-/m0/s1. The second-order valence-electron chi connectivity index (χ2n) is 5.03. The molecule has 0 aliphatic heterocycles. The fraction of sp³-hybridized carbons (Fsp3) is 0.267. The lowest BCUT2D eigenvalue weighted by Gasteiger charge is -2.17. The van der Waals surface area contributed by atoms with Crippen molar-refractivity contribution < 1.29 is 19.2 Å². The largest absolute Gasteiger partial charge is 0.467 e. The molecule has 0 aliphatic rings. The fourth-order valence-corrected chi connectivity index (χ4v) is 2.43. The van der Waals surface area contributed by atoms with E-state index in [-0.39, 0.29) is 22.7 Å². The summed E-state index contributed by atoms with van der Waals surface area (Å²) in [6.07, 6.45) is 0.744. The van der Waals surface area contributed by atoms with Gasteiger partial charge >= 0.3 is 0 Å². The molecule has 0 bridgehead atoms. The van der Waals surface area contributed by atoms with Gasteiger partial charge in [0.05, 0.1) is 16.2 Å². The quantitative estimate of drug-likeness (QED) is 0.622. The summed E-state index contributed by atoms with van der Waals surface area (Å²) in [6, 6.07) is 6.85. The van der Waals surface area contributed by atoms with Gasteiger partial charge in [-0.3, -0.25) is 14.9 Å². The summed E-state index contributed by atoms with van der Waals surface area (Å²) in [4.78, 5) is 22.6. The molecule has 122 valence electrons. The second kappa shape index (κ2) is 7.26. The number of furan rings is 1. The van der Waals surface area contributed by atoms with Crippen LogP contribution in [0.1, 0.15) is 35.6 Å². The average molecular weight is 339 g/mol. The van der Waals surface area contributed by atoms with Crippen molar-refractivity contribution in [3.8, 4) is 0 Å². The van der Waals surface area contributed by atoms with Crippen LogP contribution in [-0.2, 0) is 0 Å². The molecule has 0 unspecified atom stereocenters. The Morgan fingerprint density at radius 3 is 2.78 bits per heavy atom. The van der Waals surface area contributed by atoms with Crippen LogP contribution < -0.4 is 5.32 Å². The highest BCUT2D eigenvalue weighted by molar-refractivity contribution is 6.34. The molecule has 1 aromatic heterocycles. The summed E-state index contributed by atoms with van der Waals surface area (Å²) in [7, 11) is 0. The molecular weight excluding hydrogens is 324 g/mol. The van der Waals surface area contributed by atoms with Crippen molar-refractivity contribution in [3.05, 3.63) is 63.1 Å². The predicted octanol–water partition coefficient (Wildman–Crippen LogP) is 3.08. The van der Waals surface area contributed by atoms with E-state index in [0.29, 0.717) is 5.76 Å². The van der Waals surface area contributed by atoms with Crippen LogP contribution in [-0.4, -0.2) is 22.0 Å². The molecule has 0 saturated heterocycles. The minimum atomic E-state index is -0.887. The zero-order valence-electron chi connectivity index (χ0n) is 12.2. The topological polar surface area (TPSA) is 106 Å². The molecule has 7 nitrogen and oxygen atoms in total. The Hall–Kier alpha value is -2.38. The molecule has 2 rings (SSSR count). The van der Waals surface area contributed by atoms with E-state index < -0.39 is 23.0 Å². The van der Waals surface area contributed by atoms with Gasteiger partial charge in [-0.2, -0.15) is 0 Å². The summed E-state index contributed by atoms with van der Waals surface area (Å²) in [5, 5.41) is 23.6. The molecule has 1 aromatic carbocycles. The van der Waals surface area contributed by atoms with Gasteiger partial charge in [-0.05, 0) is 25.1 Å². The maximum Gasteiger partial charge on any atom is 0.283 e. The predicted molar refractivity (Wildman–Crippen MR) is 83.3 cm³/mol. The molecule has 0 radical (unpaired) electrons. The summed E-state index contributed by atoms with van der Waals surface area (Å²) in [5.74, 6) is -0.281. The Balaban J connectivity index is 2.09. The van der Waals surface area contributed by atoms with E-state index in [0.717, 1.165) is 0 Å². The van der Waals surface area contributed by atoms with Gasteiger partial charge < -0.3 is 14.8 Å². The van der Waals surface area contributed by atoms with E-state index in [1.54, 1.807) is 19.1 Å². The number of amides is 1. The first-order valence-electron chi connectivity index (χ1n) is 6.85. The van der Waals surface area contributed by atoms with Crippen molar-refractivity contribution in [2.45, 2.75) is 25.5 Å². The third-order valence-electron chi connectivity index (χ3n) is 3.24. The minimum absolute atomic E-state index is 0.00418. The van der Waals surface area contributed by atoms with Crippen LogP contribution in [0.15, 0.2) is 41.0 Å². The van der Waals surface area contributed by atoms with Gasteiger partial charge in [-0.15, -0.1) is 0 Å². The molecule has 2 N–H and O–H groups in total. The lowest BCUT2D eigenvalue weighted by molar-refractivity contribution is -0.385. The van der Waals surface area contributed by atoms with Gasteiger partial charge in [0, 0.05) is 18.5 Å². The molecular formula is C15H15ClN2O5. The van der Waals surface area contributed by atoms with Crippen LogP contribution in [0, 0.1) is 10.1 Å². The van der Waals surface area contributed by atoms with Crippen molar-refractivity contribution >= 4 is 23.2 Å². The molecule has 0 aliphatic carbocycles. The van der Waals surface area contributed by atoms with Gasteiger partial charge in [0.15, 0.2) is 0 Å². The third kappa shape index (κ3) is 4.08. The third-order valence-corrected chi connectivity index (χ3v) is 3.56. The first kappa shape index (κ1) is 17.0. The first-order valence-corrected chi connectivity index (χ1v) is 7.23. The molecule has 8 heteroatoms. The Labute approximate surface area is 137 Å². The number of hydrogen-bond acceptors (Lipinski definition) is 5. The van der Waals surface area contributed by atoms with Crippen molar-refractivity contribution in [2.24, 2.45) is 0 Å². The number of halogens is 1. The maximum absolute atomic E-state index is 12.3. The number of carbonyl (C=O) groups is 1. The molecule has 23 heavy (non-hydrogen) atoms. The Bertz CT molecular complexity index is 702. The van der Waals surface area contributed by atoms with Crippen LogP contribution in [0.5, 0.6) is 0 Å². The van der Waals surface area contributed by atoms with Gasteiger partial charge in [-0.1, -0.05) is 17.7 Å². The molecule has 1 amide bonds. The van der Waals surface area contributed by atoms with Crippen LogP contribution in [0.3, 0.4) is 0 Å². The highest BCUT2D eigenvalue weighted by Gasteiger charge is 2.25. The van der Waals surface area contributed by atoms with Crippen molar-refractivity contribution in [1.82, 2.24) is 5.32 Å². The number of hydrogen-bond donors (Lipinski definition) is 2. The molecule has 2 atom stereocenters. The Kier molecular flexibility index (Phi) is 5.36. The van der Waals surface area contributed by atoms with Crippen molar-refractivity contribution in [2.75, 3.05) is 0 Å². The number of aliphatic hydroxyl groups excluding tert-OH is 1. The van der Waals surface area contributed by atoms with E-state index in [2.05, 4.69) is 5.32 Å². The van der Waals surface area contributed by atoms with E-state index in [9.17, 15) is 20.0 Å². The monoisotopic (exact) mass is 338 g/mol. The lowest BCUT2D eigenvalue weighted by Crippen LogP contribution is -2.34. The van der Waals surface area contributed by atoms with E-state index in [1.165, 1.54) is 24.5 Å². The molecule has 0 fully saturated rings. The number of rotatable bonds is 6. The van der Waals surface area contributed by atoms with Gasteiger partial charge in [0.1, 0.15) is 17.4 Å². The van der Waals surface area contributed by atoms with E-state index in [1.807, 2.05) is 0 Å². The van der Waals surface area contributed by atoms with Crippen molar-refractivity contribution in [3.63, 3.8) is 0 Å². The highest BCUT2D eigenvalue weighted by atomic mass is 35.5. The smallest absolute Gasteiger partial charge is 0.283 e. The second-order valence-corrected chi connectivity index (χ2v) is 5.44. The highest BCUT2D eigenvalue weighted by Crippen LogP contribution is 2.26. The van der Waals surface area contributed by atoms with Crippen LogP contribution in [0.4, 0.5) is 5.69 Å². The fourth-order valence-electron chi connectivity index (χ4n) is 2.18. The van der Waals surface area contributed by atoms with E-state index >= 15 is 0 Å². The Morgan fingerprint density at radius 1 is 1.43 bits per heavy atom. The van der Waals surface area contributed by atoms with Gasteiger partial charge in [0.25, 0.3) is 11.6 Å². The maximum atomic E-state index is 12.3. The zero-order valence-corrected chi connectivity index (χ0v) is 13.0. The zero-order chi connectivity index (χ0) is 17.0. The normalized spacial score (nSPS) is 13.3. The Morgan fingerprint density at radius 2 is 2.17 bits per heavy atom.